The summed E-state index contributed by atoms with van der Waals surface area (Å²) < 4.78 is 10.7. The number of aromatic nitrogens is 2. The zero-order valence-electron chi connectivity index (χ0n) is 13.0. The van der Waals surface area contributed by atoms with Crippen LogP contribution >= 0.6 is 0 Å². The van der Waals surface area contributed by atoms with Gasteiger partial charge in [0.15, 0.2) is 0 Å². The van der Waals surface area contributed by atoms with Crippen molar-refractivity contribution in [2.45, 2.75) is 19.3 Å². The topological polar surface area (TPSA) is 47.5 Å². The summed E-state index contributed by atoms with van der Waals surface area (Å²) in [5.74, 6) is 3.00. The van der Waals surface area contributed by atoms with Crippen molar-refractivity contribution >= 4 is 5.82 Å². The van der Waals surface area contributed by atoms with Crippen LogP contribution in [0.3, 0.4) is 0 Å². The first-order chi connectivity index (χ1) is 10.8. The Morgan fingerprint density at radius 3 is 2.77 bits per heavy atom. The van der Waals surface area contributed by atoms with Gasteiger partial charge in [-0.05, 0) is 31.0 Å². The summed E-state index contributed by atoms with van der Waals surface area (Å²) in [7, 11) is 1.69. The number of hydrogen-bond donors (Lipinski definition) is 0. The summed E-state index contributed by atoms with van der Waals surface area (Å²) in [4.78, 5) is 10.8. The van der Waals surface area contributed by atoms with E-state index in [0.717, 1.165) is 31.1 Å². The highest BCUT2D eigenvalue weighted by Crippen LogP contribution is 2.31. The molecule has 1 unspecified atom stereocenters. The van der Waals surface area contributed by atoms with Crippen molar-refractivity contribution in [2.24, 2.45) is 0 Å². The predicted molar refractivity (Wildman–Crippen MR) is 85.8 cm³/mol. The van der Waals surface area contributed by atoms with Crippen LogP contribution in [-0.2, 0) is 0 Å². The van der Waals surface area contributed by atoms with Crippen LogP contribution in [-0.4, -0.2) is 36.8 Å². The largest absolute Gasteiger partial charge is 0.497 e. The minimum atomic E-state index is 0.524. The molecule has 1 aromatic heterocycles. The van der Waals surface area contributed by atoms with E-state index in [-0.39, 0.29) is 0 Å². The molecular weight excluding hydrogens is 278 g/mol. The van der Waals surface area contributed by atoms with Gasteiger partial charge < -0.3 is 14.4 Å². The summed E-state index contributed by atoms with van der Waals surface area (Å²) in [6, 6.07) is 10.3. The lowest BCUT2D eigenvalue weighted by atomic mass is 9.98. The number of anilines is 1. The Labute approximate surface area is 130 Å². The van der Waals surface area contributed by atoms with Gasteiger partial charge in [-0.2, -0.15) is 0 Å². The van der Waals surface area contributed by atoms with Gasteiger partial charge in [0.1, 0.15) is 17.9 Å². The van der Waals surface area contributed by atoms with E-state index in [9.17, 15) is 0 Å². The van der Waals surface area contributed by atoms with Crippen molar-refractivity contribution in [3.05, 3.63) is 42.2 Å². The molecule has 1 fully saturated rings. The van der Waals surface area contributed by atoms with Crippen molar-refractivity contribution in [1.29, 1.82) is 0 Å². The van der Waals surface area contributed by atoms with Crippen molar-refractivity contribution in [3.63, 3.8) is 0 Å². The van der Waals surface area contributed by atoms with E-state index in [1.54, 1.807) is 13.4 Å². The summed E-state index contributed by atoms with van der Waals surface area (Å²) in [6.07, 6.45) is 2.70. The van der Waals surface area contributed by atoms with Gasteiger partial charge in [-0.15, -0.1) is 0 Å². The zero-order chi connectivity index (χ0) is 15.4. The van der Waals surface area contributed by atoms with Gasteiger partial charge in [-0.1, -0.05) is 12.1 Å². The highest BCUT2D eigenvalue weighted by molar-refractivity contribution is 5.44. The van der Waals surface area contributed by atoms with Crippen LogP contribution in [0.25, 0.3) is 0 Å². The first kappa shape index (κ1) is 14.6. The zero-order valence-corrected chi connectivity index (χ0v) is 13.0. The summed E-state index contributed by atoms with van der Waals surface area (Å²) >= 11 is 0. The molecule has 5 heteroatoms. The van der Waals surface area contributed by atoms with E-state index in [2.05, 4.69) is 27.0 Å². The number of nitrogens with zero attached hydrogens (tertiary/aromatic N) is 3. The number of ether oxygens (including phenoxy) is 2. The SMILES string of the molecule is CCOc1cc(N2CCC(c3ccc(OC)cc3)C2)ncn1. The van der Waals surface area contributed by atoms with E-state index < -0.39 is 0 Å². The van der Waals surface area contributed by atoms with Crippen molar-refractivity contribution in [1.82, 2.24) is 9.97 Å². The van der Waals surface area contributed by atoms with E-state index in [0.29, 0.717) is 18.4 Å². The van der Waals surface area contributed by atoms with Gasteiger partial charge in [-0.25, -0.2) is 9.97 Å². The smallest absolute Gasteiger partial charge is 0.218 e. The normalized spacial score (nSPS) is 17.5. The monoisotopic (exact) mass is 299 g/mol. The number of hydrogen-bond acceptors (Lipinski definition) is 5. The molecule has 3 rings (SSSR count). The molecule has 0 amide bonds. The van der Waals surface area contributed by atoms with Crippen molar-refractivity contribution in [2.75, 3.05) is 31.7 Å². The van der Waals surface area contributed by atoms with Crippen LogP contribution < -0.4 is 14.4 Å². The highest BCUT2D eigenvalue weighted by Gasteiger charge is 2.25. The first-order valence-corrected chi connectivity index (χ1v) is 7.64. The van der Waals surface area contributed by atoms with Crippen LogP contribution in [0.15, 0.2) is 36.7 Å². The van der Waals surface area contributed by atoms with Crippen LogP contribution in [0.1, 0.15) is 24.8 Å². The maximum atomic E-state index is 5.45. The number of methoxy groups -OCH3 is 1. The Balaban J connectivity index is 1.69. The fourth-order valence-corrected chi connectivity index (χ4v) is 2.85. The number of rotatable bonds is 5. The molecule has 2 heterocycles. The summed E-state index contributed by atoms with van der Waals surface area (Å²) in [5, 5.41) is 0. The standard InChI is InChI=1S/C17H21N3O2/c1-3-22-17-10-16(18-12-19-17)20-9-8-14(11-20)13-4-6-15(21-2)7-5-13/h4-7,10,12,14H,3,8-9,11H2,1-2H3. The third-order valence-corrected chi connectivity index (χ3v) is 4.02. The van der Waals surface area contributed by atoms with Crippen LogP contribution in [0, 0.1) is 0 Å². The molecule has 1 aromatic carbocycles. The van der Waals surface area contributed by atoms with E-state index in [4.69, 9.17) is 9.47 Å². The second-order valence-electron chi connectivity index (χ2n) is 5.35. The average Bonchev–Trinajstić information content (AvgIpc) is 3.06. The van der Waals surface area contributed by atoms with Gasteiger partial charge >= 0.3 is 0 Å². The lowest BCUT2D eigenvalue weighted by molar-refractivity contribution is 0.326. The lowest BCUT2D eigenvalue weighted by Crippen LogP contribution is -2.20. The van der Waals surface area contributed by atoms with E-state index >= 15 is 0 Å². The molecule has 0 N–H and O–H groups in total. The third-order valence-electron chi connectivity index (χ3n) is 4.02. The maximum absolute atomic E-state index is 5.45. The second kappa shape index (κ2) is 6.64. The molecular formula is C17H21N3O2. The van der Waals surface area contributed by atoms with Crippen LogP contribution in [0.5, 0.6) is 11.6 Å². The van der Waals surface area contributed by atoms with Crippen LogP contribution in [0.2, 0.25) is 0 Å². The van der Waals surface area contributed by atoms with E-state index in [1.807, 2.05) is 25.1 Å². The molecule has 1 atom stereocenters. The lowest BCUT2D eigenvalue weighted by Gasteiger charge is -2.18. The number of benzene rings is 1. The summed E-state index contributed by atoms with van der Waals surface area (Å²) in [6.45, 7) is 4.54. The van der Waals surface area contributed by atoms with Crippen molar-refractivity contribution < 1.29 is 9.47 Å². The van der Waals surface area contributed by atoms with Gasteiger partial charge in [0.2, 0.25) is 5.88 Å². The molecule has 116 valence electrons. The molecule has 0 aliphatic carbocycles. The Hall–Kier alpha value is -2.30. The van der Waals surface area contributed by atoms with Crippen LogP contribution in [0.4, 0.5) is 5.82 Å². The fourth-order valence-electron chi connectivity index (χ4n) is 2.85. The molecule has 0 saturated carbocycles. The van der Waals surface area contributed by atoms with Gasteiger partial charge in [0, 0.05) is 25.1 Å². The molecule has 1 aliphatic heterocycles. The molecule has 0 spiro atoms. The minimum absolute atomic E-state index is 0.524. The molecule has 5 nitrogen and oxygen atoms in total. The molecule has 0 bridgehead atoms. The third kappa shape index (κ3) is 3.13. The Morgan fingerprint density at radius 2 is 2.05 bits per heavy atom. The molecule has 2 aromatic rings. The second-order valence-corrected chi connectivity index (χ2v) is 5.35. The van der Waals surface area contributed by atoms with Gasteiger partial charge in [0.25, 0.3) is 0 Å². The quantitative estimate of drug-likeness (QED) is 0.849. The molecule has 1 aliphatic rings. The van der Waals surface area contributed by atoms with E-state index in [1.165, 1.54) is 5.56 Å². The first-order valence-electron chi connectivity index (χ1n) is 7.64. The fraction of sp³-hybridized carbons (Fsp3) is 0.412. The molecule has 0 radical (unpaired) electrons. The maximum Gasteiger partial charge on any atom is 0.218 e. The minimum Gasteiger partial charge on any atom is -0.497 e. The van der Waals surface area contributed by atoms with Gasteiger partial charge in [-0.3, -0.25) is 0 Å². The van der Waals surface area contributed by atoms with Crippen molar-refractivity contribution in [3.8, 4) is 11.6 Å². The molecule has 22 heavy (non-hydrogen) atoms. The van der Waals surface area contributed by atoms with Gasteiger partial charge in [0.05, 0.1) is 13.7 Å². The predicted octanol–water partition coefficient (Wildman–Crippen LogP) is 2.88. The Bertz CT molecular complexity index is 616. The molecule has 1 saturated heterocycles. The Morgan fingerprint density at radius 1 is 1.23 bits per heavy atom. The Kier molecular flexibility index (Phi) is 4.42. The highest BCUT2D eigenvalue weighted by atomic mass is 16.5. The average molecular weight is 299 g/mol. The summed E-state index contributed by atoms with van der Waals surface area (Å²) in [5.41, 5.74) is 1.35.